The molecule has 2 aromatic rings. The van der Waals surface area contributed by atoms with Crippen LogP contribution in [0.1, 0.15) is 11.4 Å². The van der Waals surface area contributed by atoms with E-state index in [0.29, 0.717) is 13.1 Å². The highest BCUT2D eigenvalue weighted by Crippen LogP contribution is 2.11. The quantitative estimate of drug-likeness (QED) is 0.790. The molecule has 0 radical (unpaired) electrons. The summed E-state index contributed by atoms with van der Waals surface area (Å²) in [4.78, 5) is 4.19. The molecule has 0 aromatic carbocycles. The molecule has 0 aliphatic carbocycles. The van der Waals surface area contributed by atoms with Gasteiger partial charge in [-0.2, -0.15) is 0 Å². The molecular weight excluding hydrogens is 218 g/mol. The first kappa shape index (κ1) is 11.5. The van der Waals surface area contributed by atoms with Crippen LogP contribution >= 0.6 is 0 Å². The average molecular weight is 233 g/mol. The molecule has 2 heterocycles. The SMILES string of the molecule is Cc1ncccc1NCc1cn(CCO)nn1. The van der Waals surface area contributed by atoms with Crippen molar-refractivity contribution in [1.29, 1.82) is 0 Å². The topological polar surface area (TPSA) is 75.9 Å². The third-order valence-corrected chi connectivity index (χ3v) is 2.38. The van der Waals surface area contributed by atoms with Crippen molar-refractivity contribution in [3.05, 3.63) is 35.9 Å². The van der Waals surface area contributed by atoms with Gasteiger partial charge in [-0.1, -0.05) is 5.21 Å². The zero-order valence-electron chi connectivity index (χ0n) is 9.67. The Bertz CT molecular complexity index is 482. The molecular formula is C11H15N5O. The molecule has 0 amide bonds. The number of aryl methyl sites for hydroxylation is 1. The fourth-order valence-electron chi connectivity index (χ4n) is 1.49. The van der Waals surface area contributed by atoms with Gasteiger partial charge in [0.05, 0.1) is 37.3 Å². The molecule has 0 saturated carbocycles. The number of nitrogens with one attached hydrogen (secondary N) is 1. The Morgan fingerprint density at radius 2 is 2.35 bits per heavy atom. The van der Waals surface area contributed by atoms with Crippen LogP contribution < -0.4 is 5.32 Å². The Balaban J connectivity index is 1.95. The number of aliphatic hydroxyl groups excluding tert-OH is 1. The summed E-state index contributed by atoms with van der Waals surface area (Å²) in [5.41, 5.74) is 2.78. The van der Waals surface area contributed by atoms with E-state index in [1.807, 2.05) is 25.3 Å². The second-order valence-corrected chi connectivity index (χ2v) is 3.69. The predicted octanol–water partition coefficient (Wildman–Crippen LogP) is 0.586. The smallest absolute Gasteiger partial charge is 0.102 e. The van der Waals surface area contributed by atoms with Crippen LogP contribution in [0.2, 0.25) is 0 Å². The number of hydrogen-bond acceptors (Lipinski definition) is 5. The van der Waals surface area contributed by atoms with E-state index >= 15 is 0 Å². The fourth-order valence-corrected chi connectivity index (χ4v) is 1.49. The first-order valence-corrected chi connectivity index (χ1v) is 5.45. The van der Waals surface area contributed by atoms with Crippen molar-refractivity contribution < 1.29 is 5.11 Å². The van der Waals surface area contributed by atoms with Gasteiger partial charge in [-0.15, -0.1) is 5.10 Å². The van der Waals surface area contributed by atoms with Crippen LogP contribution in [0.5, 0.6) is 0 Å². The molecule has 0 fully saturated rings. The van der Waals surface area contributed by atoms with E-state index in [1.54, 1.807) is 10.9 Å². The summed E-state index contributed by atoms with van der Waals surface area (Å²) in [6.07, 6.45) is 3.58. The van der Waals surface area contributed by atoms with Crippen molar-refractivity contribution in [1.82, 2.24) is 20.0 Å². The summed E-state index contributed by atoms with van der Waals surface area (Å²) in [5.74, 6) is 0. The van der Waals surface area contributed by atoms with Gasteiger partial charge in [0, 0.05) is 6.20 Å². The Hall–Kier alpha value is -1.95. The maximum atomic E-state index is 8.76. The van der Waals surface area contributed by atoms with Gasteiger partial charge >= 0.3 is 0 Å². The molecule has 6 heteroatoms. The highest BCUT2D eigenvalue weighted by atomic mass is 16.3. The molecule has 0 aliphatic heterocycles. The molecule has 0 bridgehead atoms. The van der Waals surface area contributed by atoms with Crippen molar-refractivity contribution in [3.8, 4) is 0 Å². The van der Waals surface area contributed by atoms with Crippen LogP contribution in [0.4, 0.5) is 5.69 Å². The second-order valence-electron chi connectivity index (χ2n) is 3.69. The van der Waals surface area contributed by atoms with Crippen LogP contribution in [0.25, 0.3) is 0 Å². The maximum absolute atomic E-state index is 8.76. The molecule has 0 aliphatic rings. The summed E-state index contributed by atoms with van der Waals surface area (Å²) in [6.45, 7) is 3.08. The van der Waals surface area contributed by atoms with E-state index in [-0.39, 0.29) is 6.61 Å². The lowest BCUT2D eigenvalue weighted by Gasteiger charge is -2.05. The summed E-state index contributed by atoms with van der Waals surface area (Å²) in [6, 6.07) is 3.86. The number of nitrogens with zero attached hydrogens (tertiary/aromatic N) is 4. The largest absolute Gasteiger partial charge is 0.394 e. The number of pyridine rings is 1. The lowest BCUT2D eigenvalue weighted by Crippen LogP contribution is -2.03. The highest BCUT2D eigenvalue weighted by molar-refractivity contribution is 5.46. The molecule has 0 saturated heterocycles. The van der Waals surface area contributed by atoms with E-state index in [4.69, 9.17) is 5.11 Å². The van der Waals surface area contributed by atoms with Gasteiger partial charge in [-0.3, -0.25) is 4.98 Å². The number of hydrogen-bond donors (Lipinski definition) is 2. The van der Waals surface area contributed by atoms with Gasteiger partial charge in [0.1, 0.15) is 5.69 Å². The number of rotatable bonds is 5. The first-order valence-electron chi connectivity index (χ1n) is 5.45. The summed E-state index contributed by atoms with van der Waals surface area (Å²) >= 11 is 0. The predicted molar refractivity (Wildman–Crippen MR) is 63.4 cm³/mol. The maximum Gasteiger partial charge on any atom is 0.102 e. The zero-order valence-corrected chi connectivity index (χ0v) is 9.67. The van der Waals surface area contributed by atoms with Crippen LogP contribution in [0.3, 0.4) is 0 Å². The molecule has 90 valence electrons. The van der Waals surface area contributed by atoms with Crippen LogP contribution in [-0.2, 0) is 13.1 Å². The van der Waals surface area contributed by atoms with Crippen molar-refractivity contribution in [2.45, 2.75) is 20.0 Å². The van der Waals surface area contributed by atoms with E-state index in [1.165, 1.54) is 0 Å². The molecule has 0 unspecified atom stereocenters. The number of anilines is 1. The summed E-state index contributed by atoms with van der Waals surface area (Å²) in [7, 11) is 0. The monoisotopic (exact) mass is 233 g/mol. The molecule has 0 spiro atoms. The highest BCUT2D eigenvalue weighted by Gasteiger charge is 2.02. The Morgan fingerprint density at radius 3 is 3.12 bits per heavy atom. The molecule has 17 heavy (non-hydrogen) atoms. The number of aromatic nitrogens is 4. The van der Waals surface area contributed by atoms with E-state index in [0.717, 1.165) is 17.1 Å². The van der Waals surface area contributed by atoms with Gasteiger partial charge in [0.2, 0.25) is 0 Å². The van der Waals surface area contributed by atoms with Crippen LogP contribution in [0.15, 0.2) is 24.5 Å². The normalized spacial score (nSPS) is 10.5. The van der Waals surface area contributed by atoms with Gasteiger partial charge in [0.15, 0.2) is 0 Å². The number of aliphatic hydroxyl groups is 1. The standard InChI is InChI=1S/C11H15N5O/c1-9-11(3-2-4-12-9)13-7-10-8-16(5-6-17)15-14-10/h2-4,8,13,17H,5-7H2,1H3. The lowest BCUT2D eigenvalue weighted by molar-refractivity contribution is 0.268. The minimum Gasteiger partial charge on any atom is -0.394 e. The average Bonchev–Trinajstić information content (AvgIpc) is 2.76. The Kier molecular flexibility index (Phi) is 3.66. The molecule has 0 atom stereocenters. The second kappa shape index (κ2) is 5.40. The first-order chi connectivity index (χ1) is 8.29. The van der Waals surface area contributed by atoms with Crippen LogP contribution in [0, 0.1) is 6.92 Å². The van der Waals surface area contributed by atoms with E-state index in [9.17, 15) is 0 Å². The summed E-state index contributed by atoms with van der Waals surface area (Å²) < 4.78 is 1.62. The lowest BCUT2D eigenvalue weighted by atomic mass is 10.3. The molecule has 2 rings (SSSR count). The fraction of sp³-hybridized carbons (Fsp3) is 0.364. The van der Waals surface area contributed by atoms with Gasteiger partial charge in [-0.25, -0.2) is 4.68 Å². The molecule has 6 nitrogen and oxygen atoms in total. The van der Waals surface area contributed by atoms with Crippen molar-refractivity contribution in [2.24, 2.45) is 0 Å². The molecule has 2 N–H and O–H groups in total. The Labute approximate surface area is 99.3 Å². The van der Waals surface area contributed by atoms with Gasteiger partial charge in [0.25, 0.3) is 0 Å². The van der Waals surface area contributed by atoms with Gasteiger partial charge < -0.3 is 10.4 Å². The van der Waals surface area contributed by atoms with Crippen molar-refractivity contribution in [3.63, 3.8) is 0 Å². The third-order valence-electron chi connectivity index (χ3n) is 2.38. The van der Waals surface area contributed by atoms with Gasteiger partial charge in [-0.05, 0) is 19.1 Å². The minimum atomic E-state index is 0.0674. The van der Waals surface area contributed by atoms with Crippen LogP contribution in [-0.4, -0.2) is 31.7 Å². The Morgan fingerprint density at radius 1 is 1.47 bits per heavy atom. The van der Waals surface area contributed by atoms with Crippen molar-refractivity contribution in [2.75, 3.05) is 11.9 Å². The van der Waals surface area contributed by atoms with E-state index in [2.05, 4.69) is 20.6 Å². The van der Waals surface area contributed by atoms with Crippen molar-refractivity contribution >= 4 is 5.69 Å². The zero-order chi connectivity index (χ0) is 12.1. The summed E-state index contributed by atoms with van der Waals surface area (Å²) in [5, 5.41) is 19.9. The minimum absolute atomic E-state index is 0.0674. The third kappa shape index (κ3) is 3.01. The van der Waals surface area contributed by atoms with E-state index < -0.39 is 0 Å². The molecule has 2 aromatic heterocycles.